The molecular formula is C26H24FN11O. The smallest absolute Gasteiger partial charge is 0.225 e. The van der Waals surface area contributed by atoms with Gasteiger partial charge in [0.05, 0.1) is 42.9 Å². The Morgan fingerprint density at radius 1 is 1.10 bits per heavy atom. The van der Waals surface area contributed by atoms with Gasteiger partial charge in [-0.05, 0) is 24.6 Å². The molecule has 6 rings (SSSR count). The predicted molar refractivity (Wildman–Crippen MR) is 139 cm³/mol. The van der Waals surface area contributed by atoms with Gasteiger partial charge < -0.3 is 9.64 Å². The van der Waals surface area contributed by atoms with E-state index in [9.17, 15) is 4.39 Å². The second kappa shape index (κ2) is 10.5. The number of ether oxygens (including phenoxy) is 1. The lowest BCUT2D eigenvalue weighted by atomic mass is 10.1. The maximum absolute atomic E-state index is 13.8. The molecule has 5 heterocycles. The largest absolute Gasteiger partial charge is 0.373 e. The van der Waals surface area contributed by atoms with Crippen LogP contribution in [0, 0.1) is 17.1 Å². The van der Waals surface area contributed by atoms with Gasteiger partial charge in [0.2, 0.25) is 11.6 Å². The molecule has 0 bridgehead atoms. The topological polar surface area (TPSA) is 136 Å². The molecule has 0 saturated carbocycles. The van der Waals surface area contributed by atoms with E-state index >= 15 is 0 Å². The number of hydrogen-bond acceptors (Lipinski definition) is 10. The number of nitriles is 1. The van der Waals surface area contributed by atoms with E-state index in [1.54, 1.807) is 10.7 Å². The van der Waals surface area contributed by atoms with Gasteiger partial charge in [-0.15, -0.1) is 5.10 Å². The minimum Gasteiger partial charge on any atom is -0.373 e. The Morgan fingerprint density at radius 3 is 2.79 bits per heavy atom. The predicted octanol–water partition coefficient (Wildman–Crippen LogP) is 2.87. The zero-order valence-electron chi connectivity index (χ0n) is 21.1. The standard InChI is InChI=1S/C26H24FN11O/c1-2-5-37-14-20(12-32-37)19-10-30-26(31-11-19)36-6-7-39-21(15-36)16-38-25-24(34-35-38)29-13-23(33-25)17-3-4-22(27)18(8-17)9-28/h3-4,8,10-14,21H,2,5-7,15-16H2,1H3/t21-/m1/s1. The summed E-state index contributed by atoms with van der Waals surface area (Å²) < 4.78 is 23.3. The maximum atomic E-state index is 13.8. The summed E-state index contributed by atoms with van der Waals surface area (Å²) >= 11 is 0. The molecule has 1 fully saturated rings. The molecule has 1 atom stereocenters. The number of aromatic nitrogens is 9. The molecule has 1 aromatic carbocycles. The molecule has 39 heavy (non-hydrogen) atoms. The first-order valence-electron chi connectivity index (χ1n) is 12.6. The Bertz CT molecular complexity index is 1660. The maximum Gasteiger partial charge on any atom is 0.225 e. The average molecular weight is 526 g/mol. The minimum atomic E-state index is -0.581. The van der Waals surface area contributed by atoms with Gasteiger partial charge in [-0.25, -0.2) is 29.0 Å². The molecule has 0 spiro atoms. The third-order valence-electron chi connectivity index (χ3n) is 6.47. The lowest BCUT2D eigenvalue weighted by molar-refractivity contribution is 0.0273. The SMILES string of the molecule is CCCn1cc(-c2cnc(N3CCO[C@@H](Cn4nnc5ncc(-c6ccc(F)c(C#N)c6)nc54)C3)nc2)cn1. The highest BCUT2D eigenvalue weighted by Crippen LogP contribution is 2.23. The van der Waals surface area contributed by atoms with Crippen molar-refractivity contribution in [3.63, 3.8) is 0 Å². The van der Waals surface area contributed by atoms with Crippen LogP contribution in [0.1, 0.15) is 18.9 Å². The molecule has 12 nitrogen and oxygen atoms in total. The van der Waals surface area contributed by atoms with E-state index in [0.29, 0.717) is 54.7 Å². The lowest BCUT2D eigenvalue weighted by Crippen LogP contribution is -2.45. The van der Waals surface area contributed by atoms with Crippen LogP contribution in [-0.2, 0) is 17.8 Å². The van der Waals surface area contributed by atoms with Crippen LogP contribution in [0.2, 0.25) is 0 Å². The fraction of sp³-hybridized carbons (Fsp3) is 0.308. The number of halogens is 1. The molecule has 1 saturated heterocycles. The van der Waals surface area contributed by atoms with E-state index < -0.39 is 5.82 Å². The average Bonchev–Trinajstić information content (AvgIpc) is 3.61. The van der Waals surface area contributed by atoms with Crippen molar-refractivity contribution in [2.45, 2.75) is 32.5 Å². The van der Waals surface area contributed by atoms with Crippen molar-refractivity contribution in [3.8, 4) is 28.5 Å². The van der Waals surface area contributed by atoms with Crippen molar-refractivity contribution in [1.82, 2.24) is 44.7 Å². The number of fused-ring (bicyclic) bond motifs is 1. The van der Waals surface area contributed by atoms with Crippen molar-refractivity contribution in [2.75, 3.05) is 24.6 Å². The molecule has 5 aromatic rings. The number of anilines is 1. The molecular weight excluding hydrogens is 501 g/mol. The van der Waals surface area contributed by atoms with Crippen LogP contribution in [0.15, 0.2) is 49.2 Å². The summed E-state index contributed by atoms with van der Waals surface area (Å²) in [4.78, 5) is 20.3. The zero-order chi connectivity index (χ0) is 26.8. The van der Waals surface area contributed by atoms with E-state index in [4.69, 9.17) is 10.00 Å². The van der Waals surface area contributed by atoms with Gasteiger partial charge >= 0.3 is 0 Å². The fourth-order valence-electron chi connectivity index (χ4n) is 4.49. The number of benzene rings is 1. The summed E-state index contributed by atoms with van der Waals surface area (Å²) in [5.41, 5.74) is 3.76. The fourth-order valence-corrected chi connectivity index (χ4v) is 4.49. The van der Waals surface area contributed by atoms with Crippen molar-refractivity contribution >= 4 is 17.2 Å². The molecule has 196 valence electrons. The third-order valence-corrected chi connectivity index (χ3v) is 6.47. The quantitative estimate of drug-likeness (QED) is 0.312. The van der Waals surface area contributed by atoms with Gasteiger partial charge in [-0.2, -0.15) is 10.4 Å². The molecule has 0 aliphatic carbocycles. The van der Waals surface area contributed by atoms with Crippen molar-refractivity contribution in [3.05, 3.63) is 60.6 Å². The van der Waals surface area contributed by atoms with Gasteiger partial charge in [0.25, 0.3) is 0 Å². The summed E-state index contributed by atoms with van der Waals surface area (Å²) in [5.74, 6) is 0.0471. The van der Waals surface area contributed by atoms with Crippen molar-refractivity contribution in [1.29, 1.82) is 5.26 Å². The second-order valence-corrected chi connectivity index (χ2v) is 9.18. The van der Waals surface area contributed by atoms with Gasteiger partial charge in [-0.1, -0.05) is 12.1 Å². The van der Waals surface area contributed by atoms with Crippen LogP contribution >= 0.6 is 0 Å². The Kier molecular flexibility index (Phi) is 6.60. The Balaban J connectivity index is 1.17. The van der Waals surface area contributed by atoms with Crippen LogP contribution in [-0.4, -0.2) is 70.5 Å². The summed E-state index contributed by atoms with van der Waals surface area (Å²) in [6.07, 6.45) is 9.80. The number of hydrogen-bond donors (Lipinski definition) is 0. The van der Waals surface area contributed by atoms with Crippen LogP contribution in [0.5, 0.6) is 0 Å². The van der Waals surface area contributed by atoms with E-state index in [2.05, 4.69) is 47.2 Å². The number of morpholine rings is 1. The molecule has 0 radical (unpaired) electrons. The van der Waals surface area contributed by atoms with Gasteiger partial charge in [0.1, 0.15) is 11.9 Å². The van der Waals surface area contributed by atoms with E-state index in [0.717, 1.165) is 24.1 Å². The monoisotopic (exact) mass is 525 g/mol. The number of nitrogens with zero attached hydrogens (tertiary/aromatic N) is 11. The van der Waals surface area contributed by atoms with Gasteiger partial charge in [0.15, 0.2) is 5.65 Å². The molecule has 13 heteroatoms. The highest BCUT2D eigenvalue weighted by Gasteiger charge is 2.24. The Labute approximate surface area is 222 Å². The van der Waals surface area contributed by atoms with Crippen LogP contribution < -0.4 is 4.90 Å². The Morgan fingerprint density at radius 2 is 1.97 bits per heavy atom. The third kappa shape index (κ3) is 5.01. The molecule has 1 aliphatic heterocycles. The first-order chi connectivity index (χ1) is 19.1. The van der Waals surface area contributed by atoms with Gasteiger partial charge in [0, 0.05) is 54.9 Å². The highest BCUT2D eigenvalue weighted by molar-refractivity contribution is 5.70. The number of rotatable bonds is 7. The zero-order valence-corrected chi connectivity index (χ0v) is 21.1. The lowest BCUT2D eigenvalue weighted by Gasteiger charge is -2.32. The van der Waals surface area contributed by atoms with Crippen molar-refractivity contribution < 1.29 is 9.13 Å². The number of aryl methyl sites for hydroxylation is 1. The highest BCUT2D eigenvalue weighted by atomic mass is 19.1. The van der Waals surface area contributed by atoms with Gasteiger partial charge in [-0.3, -0.25) is 4.68 Å². The van der Waals surface area contributed by atoms with E-state index in [-0.39, 0.29) is 11.7 Å². The van der Waals surface area contributed by atoms with Crippen LogP contribution in [0.4, 0.5) is 10.3 Å². The minimum absolute atomic E-state index is 0.0569. The summed E-state index contributed by atoms with van der Waals surface area (Å²) in [5, 5.41) is 21.9. The van der Waals surface area contributed by atoms with E-state index in [1.807, 2.05) is 35.5 Å². The second-order valence-electron chi connectivity index (χ2n) is 9.18. The first-order valence-corrected chi connectivity index (χ1v) is 12.6. The molecule has 0 amide bonds. The van der Waals surface area contributed by atoms with Crippen molar-refractivity contribution in [2.24, 2.45) is 0 Å². The Hall–Kier alpha value is -4.83. The molecule has 1 aliphatic rings. The summed E-state index contributed by atoms with van der Waals surface area (Å²) in [6.45, 7) is 5.12. The summed E-state index contributed by atoms with van der Waals surface area (Å²) in [7, 11) is 0. The molecule has 4 aromatic heterocycles. The molecule has 0 N–H and O–H groups in total. The van der Waals surface area contributed by atoms with Crippen LogP contribution in [0.25, 0.3) is 33.7 Å². The van der Waals surface area contributed by atoms with Crippen LogP contribution in [0.3, 0.4) is 0 Å². The molecule has 0 unspecified atom stereocenters. The normalized spacial score (nSPS) is 15.5. The first kappa shape index (κ1) is 24.5. The van der Waals surface area contributed by atoms with E-state index in [1.165, 1.54) is 18.3 Å². The summed E-state index contributed by atoms with van der Waals surface area (Å²) in [6, 6.07) is 6.10.